The molecule has 0 fully saturated rings. The van der Waals surface area contributed by atoms with Gasteiger partial charge in [0.2, 0.25) is 0 Å². The van der Waals surface area contributed by atoms with E-state index in [2.05, 4.69) is 4.98 Å². The molecule has 0 aliphatic carbocycles. The molecule has 1 aromatic heterocycles. The molecule has 1 unspecified atom stereocenters. The molecule has 0 aliphatic heterocycles. The van der Waals surface area contributed by atoms with Gasteiger partial charge < -0.3 is 5.11 Å². The summed E-state index contributed by atoms with van der Waals surface area (Å²) in [5, 5.41) is 10.5. The molecular weight excluding hydrogens is 241 g/mol. The maximum Gasteiger partial charge on any atom is 0.123 e. The number of pyridine rings is 1. The molecule has 0 saturated heterocycles. The lowest BCUT2D eigenvalue weighted by Crippen LogP contribution is -2.02. The van der Waals surface area contributed by atoms with E-state index in [-0.39, 0.29) is 5.82 Å². The fourth-order valence-electron chi connectivity index (χ4n) is 1.58. The summed E-state index contributed by atoms with van der Waals surface area (Å²) in [5.41, 5.74) is 1.48. The van der Waals surface area contributed by atoms with Gasteiger partial charge in [-0.1, -0.05) is 23.7 Å². The van der Waals surface area contributed by atoms with Crippen LogP contribution in [-0.2, 0) is 6.42 Å². The molecule has 0 saturated carbocycles. The Morgan fingerprint density at radius 1 is 1.24 bits per heavy atom. The van der Waals surface area contributed by atoms with Gasteiger partial charge in [-0.3, -0.25) is 4.98 Å². The molecule has 0 radical (unpaired) electrons. The van der Waals surface area contributed by atoms with E-state index in [0.717, 1.165) is 5.56 Å². The highest BCUT2D eigenvalue weighted by Crippen LogP contribution is 2.22. The molecular formula is C13H11ClFNO. The fraction of sp³-hybridized carbons (Fsp3) is 0.154. The molecule has 2 nitrogen and oxygen atoms in total. The van der Waals surface area contributed by atoms with E-state index in [1.165, 1.54) is 18.3 Å². The molecule has 0 spiro atoms. The Kier molecular flexibility index (Phi) is 3.71. The van der Waals surface area contributed by atoms with Gasteiger partial charge in [-0.25, -0.2) is 4.39 Å². The summed E-state index contributed by atoms with van der Waals surface area (Å²) in [7, 11) is 0. The molecule has 0 bridgehead atoms. The van der Waals surface area contributed by atoms with Crippen molar-refractivity contribution >= 4 is 11.6 Å². The molecule has 2 aromatic rings. The van der Waals surface area contributed by atoms with Crippen molar-refractivity contribution in [2.75, 3.05) is 0 Å². The average molecular weight is 252 g/mol. The zero-order chi connectivity index (χ0) is 12.3. The van der Waals surface area contributed by atoms with E-state index in [0.29, 0.717) is 17.0 Å². The van der Waals surface area contributed by atoms with Gasteiger partial charge in [0.25, 0.3) is 0 Å². The lowest BCUT2D eigenvalue weighted by Gasteiger charge is -2.11. The maximum absolute atomic E-state index is 12.7. The van der Waals surface area contributed by atoms with Crippen LogP contribution < -0.4 is 0 Å². The largest absolute Gasteiger partial charge is 0.388 e. The minimum Gasteiger partial charge on any atom is -0.388 e. The third kappa shape index (κ3) is 3.02. The van der Waals surface area contributed by atoms with Crippen LogP contribution in [0.15, 0.2) is 42.7 Å². The van der Waals surface area contributed by atoms with E-state index in [9.17, 15) is 9.50 Å². The second-order valence-corrected chi connectivity index (χ2v) is 4.15. The molecule has 1 atom stereocenters. The summed E-state index contributed by atoms with van der Waals surface area (Å²) in [5.74, 6) is -0.317. The Morgan fingerprint density at radius 2 is 1.94 bits per heavy atom. The molecule has 1 aromatic carbocycles. The van der Waals surface area contributed by atoms with Crippen molar-refractivity contribution in [2.45, 2.75) is 12.5 Å². The Bertz CT molecular complexity index is 501. The molecule has 17 heavy (non-hydrogen) atoms. The second kappa shape index (κ2) is 5.25. The maximum atomic E-state index is 12.7. The normalized spacial score (nSPS) is 12.4. The second-order valence-electron chi connectivity index (χ2n) is 3.74. The van der Waals surface area contributed by atoms with Gasteiger partial charge in [0.1, 0.15) is 5.82 Å². The first-order chi connectivity index (χ1) is 8.16. The zero-order valence-electron chi connectivity index (χ0n) is 8.98. The van der Waals surface area contributed by atoms with Crippen LogP contribution in [0.4, 0.5) is 4.39 Å². The predicted molar refractivity (Wildman–Crippen MR) is 64.3 cm³/mol. The van der Waals surface area contributed by atoms with Gasteiger partial charge in [-0.05, 0) is 29.3 Å². The highest BCUT2D eigenvalue weighted by molar-refractivity contribution is 6.31. The van der Waals surface area contributed by atoms with Gasteiger partial charge in [-0.15, -0.1) is 0 Å². The standard InChI is InChI=1S/C13H11ClFNO/c14-12-8-16-6-5-10(12)7-13(17)9-1-3-11(15)4-2-9/h1-6,8,13,17H,7H2. The Labute approximate surface area is 104 Å². The summed E-state index contributed by atoms with van der Waals surface area (Å²) in [4.78, 5) is 3.87. The summed E-state index contributed by atoms with van der Waals surface area (Å²) in [6.45, 7) is 0. The van der Waals surface area contributed by atoms with Crippen molar-refractivity contribution in [3.8, 4) is 0 Å². The van der Waals surface area contributed by atoms with Crippen LogP contribution in [-0.4, -0.2) is 10.1 Å². The zero-order valence-corrected chi connectivity index (χ0v) is 9.73. The van der Waals surface area contributed by atoms with E-state index >= 15 is 0 Å². The van der Waals surface area contributed by atoms with E-state index < -0.39 is 6.10 Å². The van der Waals surface area contributed by atoms with Gasteiger partial charge in [0.15, 0.2) is 0 Å². The first-order valence-corrected chi connectivity index (χ1v) is 5.56. The van der Waals surface area contributed by atoms with Crippen LogP contribution in [0.1, 0.15) is 17.2 Å². The molecule has 1 heterocycles. The first-order valence-electron chi connectivity index (χ1n) is 5.19. The van der Waals surface area contributed by atoms with Crippen LogP contribution >= 0.6 is 11.6 Å². The van der Waals surface area contributed by atoms with Crippen molar-refractivity contribution in [1.82, 2.24) is 4.98 Å². The SMILES string of the molecule is OC(Cc1ccncc1Cl)c1ccc(F)cc1. The lowest BCUT2D eigenvalue weighted by atomic mass is 10.0. The molecule has 4 heteroatoms. The van der Waals surface area contributed by atoms with E-state index in [1.54, 1.807) is 24.4 Å². The van der Waals surface area contributed by atoms with Gasteiger partial charge >= 0.3 is 0 Å². The quantitative estimate of drug-likeness (QED) is 0.909. The number of halogens is 2. The topological polar surface area (TPSA) is 33.1 Å². The number of aliphatic hydroxyl groups is 1. The third-order valence-electron chi connectivity index (χ3n) is 2.52. The van der Waals surface area contributed by atoms with Crippen molar-refractivity contribution in [2.24, 2.45) is 0 Å². The highest BCUT2D eigenvalue weighted by atomic mass is 35.5. The van der Waals surface area contributed by atoms with Crippen molar-refractivity contribution in [3.63, 3.8) is 0 Å². The number of benzene rings is 1. The smallest absolute Gasteiger partial charge is 0.123 e. The minimum atomic E-state index is -0.699. The molecule has 1 N–H and O–H groups in total. The minimum absolute atomic E-state index is 0.317. The average Bonchev–Trinajstić information content (AvgIpc) is 2.33. The van der Waals surface area contributed by atoms with Crippen LogP contribution in [0, 0.1) is 5.82 Å². The lowest BCUT2D eigenvalue weighted by molar-refractivity contribution is 0.178. The third-order valence-corrected chi connectivity index (χ3v) is 2.86. The number of aliphatic hydroxyl groups excluding tert-OH is 1. The highest BCUT2D eigenvalue weighted by Gasteiger charge is 2.10. The van der Waals surface area contributed by atoms with Crippen molar-refractivity contribution < 1.29 is 9.50 Å². The van der Waals surface area contributed by atoms with Crippen LogP contribution in [0.2, 0.25) is 5.02 Å². The number of nitrogens with zero attached hydrogens (tertiary/aromatic N) is 1. The Morgan fingerprint density at radius 3 is 2.59 bits per heavy atom. The monoisotopic (exact) mass is 251 g/mol. The van der Waals surface area contributed by atoms with Crippen molar-refractivity contribution in [1.29, 1.82) is 0 Å². The summed E-state index contributed by atoms with van der Waals surface area (Å²) in [6, 6.07) is 7.54. The van der Waals surface area contributed by atoms with Gasteiger partial charge in [0, 0.05) is 18.8 Å². The van der Waals surface area contributed by atoms with Gasteiger partial charge in [-0.2, -0.15) is 0 Å². The summed E-state index contributed by atoms with van der Waals surface area (Å²) in [6.07, 6.45) is 2.84. The Balaban J connectivity index is 2.14. The number of rotatable bonds is 3. The van der Waals surface area contributed by atoms with Gasteiger partial charge in [0.05, 0.1) is 11.1 Å². The van der Waals surface area contributed by atoms with E-state index in [4.69, 9.17) is 11.6 Å². The molecule has 0 amide bonds. The first kappa shape index (κ1) is 12.0. The summed E-state index contributed by atoms with van der Waals surface area (Å²) < 4.78 is 12.7. The predicted octanol–water partition coefficient (Wildman–Crippen LogP) is 3.15. The Hall–Kier alpha value is -1.45. The molecule has 0 aliphatic rings. The van der Waals surface area contributed by atoms with Crippen LogP contribution in [0.25, 0.3) is 0 Å². The van der Waals surface area contributed by atoms with Crippen LogP contribution in [0.3, 0.4) is 0 Å². The summed E-state index contributed by atoms with van der Waals surface area (Å²) >= 11 is 5.95. The number of aromatic nitrogens is 1. The van der Waals surface area contributed by atoms with Crippen LogP contribution in [0.5, 0.6) is 0 Å². The fourth-order valence-corrected chi connectivity index (χ4v) is 1.78. The number of hydrogen-bond acceptors (Lipinski definition) is 2. The molecule has 2 rings (SSSR count). The van der Waals surface area contributed by atoms with E-state index in [1.807, 2.05) is 0 Å². The molecule has 88 valence electrons. The number of hydrogen-bond donors (Lipinski definition) is 1. The van der Waals surface area contributed by atoms with Crippen molar-refractivity contribution in [3.05, 3.63) is 64.7 Å².